The first-order valence-corrected chi connectivity index (χ1v) is 6.05. The molecule has 0 unspecified atom stereocenters. The van der Waals surface area contributed by atoms with Crippen molar-refractivity contribution < 1.29 is 24.1 Å². The number of aliphatic hydroxyl groups excluding tert-OH is 1. The Morgan fingerprint density at radius 3 is 2.11 bits per heavy atom. The van der Waals surface area contributed by atoms with Gasteiger partial charge < -0.3 is 24.1 Å². The SMILES string of the molecule is OCc1ccc2c(c1)OCCOCCOCCO2. The fraction of sp³-hybridized carbons (Fsp3) is 0.538. The summed E-state index contributed by atoms with van der Waals surface area (Å²) in [5.74, 6) is 1.29. The van der Waals surface area contributed by atoms with E-state index in [1.165, 1.54) is 0 Å². The molecule has 5 heteroatoms. The van der Waals surface area contributed by atoms with Crippen molar-refractivity contribution in [2.75, 3.05) is 39.6 Å². The van der Waals surface area contributed by atoms with Gasteiger partial charge in [-0.05, 0) is 17.7 Å². The molecule has 1 N–H and O–H groups in total. The minimum atomic E-state index is -0.0176. The summed E-state index contributed by atoms with van der Waals surface area (Å²) >= 11 is 0. The molecule has 0 radical (unpaired) electrons. The molecule has 0 aromatic heterocycles. The number of hydrogen-bond acceptors (Lipinski definition) is 5. The number of rotatable bonds is 1. The zero-order valence-corrected chi connectivity index (χ0v) is 10.3. The highest BCUT2D eigenvalue weighted by Gasteiger charge is 2.07. The van der Waals surface area contributed by atoms with Crippen LogP contribution in [0.2, 0.25) is 0 Å². The summed E-state index contributed by atoms with van der Waals surface area (Å²) in [7, 11) is 0. The summed E-state index contributed by atoms with van der Waals surface area (Å²) in [4.78, 5) is 0. The van der Waals surface area contributed by atoms with Crippen LogP contribution in [0.1, 0.15) is 5.56 Å². The second kappa shape index (κ2) is 7.20. The van der Waals surface area contributed by atoms with Gasteiger partial charge in [0.1, 0.15) is 13.2 Å². The summed E-state index contributed by atoms with van der Waals surface area (Å²) in [5.41, 5.74) is 0.793. The van der Waals surface area contributed by atoms with Crippen molar-refractivity contribution in [2.45, 2.75) is 6.61 Å². The van der Waals surface area contributed by atoms with Crippen LogP contribution in [0.15, 0.2) is 18.2 Å². The molecule has 0 saturated heterocycles. The van der Waals surface area contributed by atoms with E-state index in [9.17, 15) is 0 Å². The fourth-order valence-corrected chi connectivity index (χ4v) is 1.63. The van der Waals surface area contributed by atoms with Gasteiger partial charge in [-0.15, -0.1) is 0 Å². The predicted octanol–water partition coefficient (Wildman–Crippen LogP) is 0.983. The van der Waals surface area contributed by atoms with Gasteiger partial charge in [0.05, 0.1) is 33.0 Å². The fourth-order valence-electron chi connectivity index (χ4n) is 1.63. The van der Waals surface area contributed by atoms with Gasteiger partial charge in [0, 0.05) is 0 Å². The van der Waals surface area contributed by atoms with Crippen molar-refractivity contribution >= 4 is 0 Å². The standard InChI is InChI=1S/C13H18O5/c14-10-11-1-2-12-13(9-11)18-8-6-16-4-3-15-5-7-17-12/h1-2,9,14H,3-8,10H2. The van der Waals surface area contributed by atoms with Gasteiger partial charge in [0.15, 0.2) is 11.5 Å². The molecule has 0 atom stereocenters. The minimum Gasteiger partial charge on any atom is -0.487 e. The van der Waals surface area contributed by atoms with Crippen LogP contribution in [0, 0.1) is 0 Å². The Morgan fingerprint density at radius 2 is 1.44 bits per heavy atom. The summed E-state index contributed by atoms with van der Waals surface area (Å²) < 4.78 is 21.9. The molecule has 0 saturated carbocycles. The zero-order valence-electron chi connectivity index (χ0n) is 10.3. The van der Waals surface area contributed by atoms with Crippen LogP contribution in [0.25, 0.3) is 0 Å². The Labute approximate surface area is 106 Å². The van der Waals surface area contributed by atoms with Gasteiger partial charge in [-0.3, -0.25) is 0 Å². The van der Waals surface area contributed by atoms with Gasteiger partial charge in [-0.2, -0.15) is 0 Å². The second-order valence-electron chi connectivity index (χ2n) is 3.86. The van der Waals surface area contributed by atoms with E-state index in [0.29, 0.717) is 51.1 Å². The molecule has 0 bridgehead atoms. The van der Waals surface area contributed by atoms with E-state index in [1.54, 1.807) is 12.1 Å². The van der Waals surface area contributed by atoms with Crippen LogP contribution in [0.3, 0.4) is 0 Å². The monoisotopic (exact) mass is 254 g/mol. The lowest BCUT2D eigenvalue weighted by atomic mass is 10.2. The molecule has 2 rings (SSSR count). The van der Waals surface area contributed by atoms with Gasteiger partial charge in [-0.1, -0.05) is 6.07 Å². The minimum absolute atomic E-state index is 0.0176. The summed E-state index contributed by atoms with van der Waals surface area (Å²) in [6.45, 7) is 3.06. The lowest BCUT2D eigenvalue weighted by Gasteiger charge is -2.15. The topological polar surface area (TPSA) is 57.2 Å². The molecule has 5 nitrogen and oxygen atoms in total. The van der Waals surface area contributed by atoms with Crippen LogP contribution >= 0.6 is 0 Å². The molecule has 1 heterocycles. The first-order valence-electron chi connectivity index (χ1n) is 6.05. The van der Waals surface area contributed by atoms with Crippen molar-refractivity contribution in [2.24, 2.45) is 0 Å². The van der Waals surface area contributed by atoms with E-state index < -0.39 is 0 Å². The van der Waals surface area contributed by atoms with E-state index in [-0.39, 0.29) is 6.61 Å². The number of benzene rings is 1. The third-order valence-electron chi connectivity index (χ3n) is 2.53. The predicted molar refractivity (Wildman–Crippen MR) is 65.0 cm³/mol. The molecule has 0 spiro atoms. The molecule has 0 aliphatic carbocycles. The molecule has 1 aromatic rings. The highest BCUT2D eigenvalue weighted by atomic mass is 16.6. The lowest BCUT2D eigenvalue weighted by Crippen LogP contribution is -2.15. The summed E-state index contributed by atoms with van der Waals surface area (Å²) in [6, 6.07) is 5.39. The number of hydrogen-bond donors (Lipinski definition) is 1. The largest absolute Gasteiger partial charge is 0.487 e. The van der Waals surface area contributed by atoms with Crippen LogP contribution in [0.4, 0.5) is 0 Å². The van der Waals surface area contributed by atoms with Crippen molar-refractivity contribution in [3.8, 4) is 11.5 Å². The van der Waals surface area contributed by atoms with Gasteiger partial charge in [0.25, 0.3) is 0 Å². The highest BCUT2D eigenvalue weighted by molar-refractivity contribution is 5.42. The van der Waals surface area contributed by atoms with Gasteiger partial charge >= 0.3 is 0 Å². The average Bonchev–Trinajstić information content (AvgIpc) is 2.39. The quantitative estimate of drug-likeness (QED) is 0.809. The van der Waals surface area contributed by atoms with Crippen LogP contribution in [0.5, 0.6) is 11.5 Å². The van der Waals surface area contributed by atoms with Crippen molar-refractivity contribution in [3.63, 3.8) is 0 Å². The first kappa shape index (κ1) is 13.1. The van der Waals surface area contributed by atoms with Crippen LogP contribution in [-0.2, 0) is 16.1 Å². The third kappa shape index (κ3) is 3.87. The first-order chi connectivity index (χ1) is 8.90. The Bertz CT molecular complexity index is 366. The van der Waals surface area contributed by atoms with E-state index in [4.69, 9.17) is 24.1 Å². The normalized spacial score (nSPS) is 17.6. The van der Waals surface area contributed by atoms with Crippen LogP contribution in [-0.4, -0.2) is 44.7 Å². The summed E-state index contributed by atoms with van der Waals surface area (Å²) in [6.07, 6.45) is 0. The smallest absolute Gasteiger partial charge is 0.161 e. The second-order valence-corrected chi connectivity index (χ2v) is 3.86. The molecule has 1 aliphatic rings. The van der Waals surface area contributed by atoms with E-state index >= 15 is 0 Å². The zero-order chi connectivity index (χ0) is 12.6. The Hall–Kier alpha value is -1.30. The number of aliphatic hydroxyl groups is 1. The van der Waals surface area contributed by atoms with Gasteiger partial charge in [-0.25, -0.2) is 0 Å². The Balaban J connectivity index is 2.07. The van der Waals surface area contributed by atoms with E-state index in [0.717, 1.165) is 5.56 Å². The summed E-state index contributed by atoms with van der Waals surface area (Å²) in [5, 5.41) is 9.11. The molecular formula is C13H18O5. The van der Waals surface area contributed by atoms with E-state index in [2.05, 4.69) is 0 Å². The van der Waals surface area contributed by atoms with Crippen molar-refractivity contribution in [1.29, 1.82) is 0 Å². The Kier molecular flexibility index (Phi) is 5.26. The maximum atomic E-state index is 9.11. The maximum Gasteiger partial charge on any atom is 0.161 e. The highest BCUT2D eigenvalue weighted by Crippen LogP contribution is 2.28. The average molecular weight is 254 g/mol. The molecule has 100 valence electrons. The van der Waals surface area contributed by atoms with Crippen molar-refractivity contribution in [1.82, 2.24) is 0 Å². The van der Waals surface area contributed by atoms with Crippen molar-refractivity contribution in [3.05, 3.63) is 23.8 Å². The molecule has 1 aromatic carbocycles. The third-order valence-corrected chi connectivity index (χ3v) is 2.53. The molecule has 18 heavy (non-hydrogen) atoms. The van der Waals surface area contributed by atoms with Gasteiger partial charge in [0.2, 0.25) is 0 Å². The number of fused-ring (bicyclic) bond motifs is 1. The number of ether oxygens (including phenoxy) is 4. The molecule has 0 amide bonds. The molecule has 1 aliphatic heterocycles. The Morgan fingerprint density at radius 1 is 0.833 bits per heavy atom. The lowest BCUT2D eigenvalue weighted by molar-refractivity contribution is 0.0223. The molecule has 0 fully saturated rings. The maximum absolute atomic E-state index is 9.11. The van der Waals surface area contributed by atoms with E-state index in [1.807, 2.05) is 6.07 Å². The van der Waals surface area contributed by atoms with Crippen LogP contribution < -0.4 is 9.47 Å². The molecular weight excluding hydrogens is 236 g/mol.